The van der Waals surface area contributed by atoms with Gasteiger partial charge in [0.15, 0.2) is 0 Å². The zero-order valence-corrected chi connectivity index (χ0v) is 17.6. The number of nitrogens with zero attached hydrogens (tertiary/aromatic N) is 2. The molecule has 0 bridgehead atoms. The minimum atomic E-state index is -3.46. The van der Waals surface area contributed by atoms with Crippen molar-refractivity contribution in [1.29, 1.82) is 0 Å². The van der Waals surface area contributed by atoms with Crippen LogP contribution in [0, 0.1) is 0 Å². The van der Waals surface area contributed by atoms with Gasteiger partial charge < -0.3 is 9.88 Å². The summed E-state index contributed by atoms with van der Waals surface area (Å²) in [5.74, 6) is -0.0868. The van der Waals surface area contributed by atoms with E-state index in [0.717, 1.165) is 16.8 Å². The van der Waals surface area contributed by atoms with Crippen LogP contribution in [0.2, 0.25) is 0 Å². The first-order valence-electron chi connectivity index (χ1n) is 9.31. The number of hydrogen-bond donors (Lipinski definition) is 1. The molecule has 6 nitrogen and oxygen atoms in total. The molecule has 2 aromatic carbocycles. The minimum absolute atomic E-state index is 0.0868. The van der Waals surface area contributed by atoms with Crippen LogP contribution >= 0.6 is 0 Å². The lowest BCUT2D eigenvalue weighted by atomic mass is 10.1. The van der Waals surface area contributed by atoms with Gasteiger partial charge in [-0.15, -0.1) is 0 Å². The van der Waals surface area contributed by atoms with E-state index in [4.69, 9.17) is 0 Å². The normalized spacial score (nSPS) is 12.7. The van der Waals surface area contributed by atoms with E-state index in [1.807, 2.05) is 60.3 Å². The lowest BCUT2D eigenvalue weighted by Gasteiger charge is -2.16. The smallest absolute Gasteiger partial charge is 0.242 e. The van der Waals surface area contributed by atoms with Crippen molar-refractivity contribution < 1.29 is 13.2 Å². The predicted octanol–water partition coefficient (Wildman–Crippen LogP) is 3.15. The standard InChI is InChI=1S/C22H25N3O3S/c1-17(19-8-12-21(13-9-19)29(27,28)24(2)3)23-22(26)16-18-6-10-20(11-7-18)25-14-4-5-15-25/h4-15,17H,16H2,1-3H3,(H,23,26). The molecule has 29 heavy (non-hydrogen) atoms. The Morgan fingerprint density at radius 1 is 1.00 bits per heavy atom. The van der Waals surface area contributed by atoms with Crippen molar-refractivity contribution in [3.05, 3.63) is 84.2 Å². The molecular weight excluding hydrogens is 386 g/mol. The Morgan fingerprint density at radius 2 is 1.59 bits per heavy atom. The number of carbonyl (C=O) groups is 1. The molecule has 3 rings (SSSR count). The lowest BCUT2D eigenvalue weighted by Crippen LogP contribution is -2.28. The average Bonchev–Trinajstić information content (AvgIpc) is 3.23. The Kier molecular flexibility index (Phi) is 6.20. The lowest BCUT2D eigenvalue weighted by molar-refractivity contribution is -0.121. The zero-order valence-electron chi connectivity index (χ0n) is 16.7. The molecule has 1 amide bonds. The molecule has 0 saturated heterocycles. The molecule has 0 aliphatic heterocycles. The topological polar surface area (TPSA) is 71.4 Å². The first kappa shape index (κ1) is 20.8. The molecule has 0 saturated carbocycles. The van der Waals surface area contributed by atoms with E-state index in [9.17, 15) is 13.2 Å². The van der Waals surface area contributed by atoms with Crippen molar-refractivity contribution in [2.45, 2.75) is 24.3 Å². The number of rotatable bonds is 7. The molecule has 0 spiro atoms. The molecule has 1 heterocycles. The Balaban J connectivity index is 1.60. The third-order valence-electron chi connectivity index (χ3n) is 4.74. The first-order valence-corrected chi connectivity index (χ1v) is 10.8. The number of carbonyl (C=O) groups excluding carboxylic acids is 1. The number of amides is 1. The molecule has 7 heteroatoms. The molecule has 152 valence electrons. The van der Waals surface area contributed by atoms with Gasteiger partial charge in [-0.25, -0.2) is 12.7 Å². The fraction of sp³-hybridized carbons (Fsp3) is 0.227. The summed E-state index contributed by atoms with van der Waals surface area (Å²) in [6.45, 7) is 1.88. The summed E-state index contributed by atoms with van der Waals surface area (Å²) in [4.78, 5) is 12.6. The quantitative estimate of drug-likeness (QED) is 0.649. The zero-order chi connectivity index (χ0) is 21.0. The van der Waals surface area contributed by atoms with Crippen molar-refractivity contribution in [1.82, 2.24) is 14.2 Å². The highest BCUT2D eigenvalue weighted by molar-refractivity contribution is 7.89. The van der Waals surface area contributed by atoms with Crippen molar-refractivity contribution in [3.63, 3.8) is 0 Å². The maximum atomic E-state index is 12.4. The summed E-state index contributed by atoms with van der Waals surface area (Å²) in [6.07, 6.45) is 4.22. The summed E-state index contributed by atoms with van der Waals surface area (Å²) < 4.78 is 27.5. The van der Waals surface area contributed by atoms with Crippen LogP contribution < -0.4 is 5.32 Å². The molecule has 0 radical (unpaired) electrons. The number of nitrogens with one attached hydrogen (secondary N) is 1. The summed E-state index contributed by atoms with van der Waals surface area (Å²) in [6, 6.07) is 18.1. The van der Waals surface area contributed by atoms with Crippen LogP contribution in [-0.2, 0) is 21.2 Å². The van der Waals surface area contributed by atoms with Gasteiger partial charge in [-0.2, -0.15) is 0 Å². The van der Waals surface area contributed by atoms with Gasteiger partial charge in [0.1, 0.15) is 0 Å². The number of sulfonamides is 1. The third kappa shape index (κ3) is 4.93. The minimum Gasteiger partial charge on any atom is -0.349 e. The molecule has 0 aliphatic rings. The van der Waals surface area contributed by atoms with Crippen LogP contribution in [0.25, 0.3) is 5.69 Å². The van der Waals surface area contributed by atoms with Gasteiger partial charge in [-0.3, -0.25) is 4.79 Å². The van der Waals surface area contributed by atoms with E-state index in [2.05, 4.69) is 5.32 Å². The Bertz CT molecular complexity index is 1060. The van der Waals surface area contributed by atoms with E-state index < -0.39 is 10.0 Å². The average molecular weight is 412 g/mol. The van der Waals surface area contributed by atoms with Gasteiger partial charge in [0.25, 0.3) is 0 Å². The molecule has 3 aromatic rings. The van der Waals surface area contributed by atoms with Crippen LogP contribution in [0.1, 0.15) is 24.1 Å². The van der Waals surface area contributed by atoms with Gasteiger partial charge in [0, 0.05) is 32.2 Å². The molecule has 1 N–H and O–H groups in total. The van der Waals surface area contributed by atoms with Crippen LogP contribution in [0.5, 0.6) is 0 Å². The maximum Gasteiger partial charge on any atom is 0.242 e. The Morgan fingerprint density at radius 3 is 2.14 bits per heavy atom. The van der Waals surface area contributed by atoms with E-state index >= 15 is 0 Å². The van der Waals surface area contributed by atoms with Crippen molar-refractivity contribution in [3.8, 4) is 5.69 Å². The largest absolute Gasteiger partial charge is 0.349 e. The molecule has 0 aliphatic carbocycles. The van der Waals surface area contributed by atoms with Crippen molar-refractivity contribution >= 4 is 15.9 Å². The molecule has 1 unspecified atom stereocenters. The molecular formula is C22H25N3O3S. The van der Waals surface area contributed by atoms with Crippen LogP contribution in [0.15, 0.2) is 78.0 Å². The highest BCUT2D eigenvalue weighted by Crippen LogP contribution is 2.18. The van der Waals surface area contributed by atoms with E-state index in [-0.39, 0.29) is 23.3 Å². The highest BCUT2D eigenvalue weighted by atomic mass is 32.2. The van der Waals surface area contributed by atoms with E-state index in [0.29, 0.717) is 0 Å². The molecule has 0 fully saturated rings. The monoisotopic (exact) mass is 411 g/mol. The summed E-state index contributed by atoms with van der Waals surface area (Å²) >= 11 is 0. The van der Waals surface area contributed by atoms with Gasteiger partial charge >= 0.3 is 0 Å². The second kappa shape index (κ2) is 8.63. The second-order valence-electron chi connectivity index (χ2n) is 7.08. The van der Waals surface area contributed by atoms with Crippen molar-refractivity contribution in [2.24, 2.45) is 0 Å². The Labute approximate surface area is 171 Å². The second-order valence-corrected chi connectivity index (χ2v) is 9.23. The van der Waals surface area contributed by atoms with Crippen molar-refractivity contribution in [2.75, 3.05) is 14.1 Å². The summed E-state index contributed by atoms with van der Waals surface area (Å²) in [5.41, 5.74) is 2.82. The SMILES string of the molecule is CC(NC(=O)Cc1ccc(-n2cccc2)cc1)c1ccc(S(=O)(=O)N(C)C)cc1. The number of hydrogen-bond acceptors (Lipinski definition) is 3. The van der Waals surface area contributed by atoms with Gasteiger partial charge in [-0.1, -0.05) is 24.3 Å². The van der Waals surface area contributed by atoms with Gasteiger partial charge in [-0.05, 0) is 54.4 Å². The fourth-order valence-electron chi connectivity index (χ4n) is 2.99. The van der Waals surface area contributed by atoms with Crippen LogP contribution in [-0.4, -0.2) is 37.3 Å². The fourth-order valence-corrected chi connectivity index (χ4v) is 3.89. The molecule has 1 atom stereocenters. The Hall–Kier alpha value is -2.90. The van der Waals surface area contributed by atoms with E-state index in [1.54, 1.807) is 24.3 Å². The third-order valence-corrected chi connectivity index (χ3v) is 6.57. The summed E-state index contributed by atoms with van der Waals surface area (Å²) in [7, 11) is -0.464. The highest BCUT2D eigenvalue weighted by Gasteiger charge is 2.17. The number of benzene rings is 2. The van der Waals surface area contributed by atoms with E-state index in [1.165, 1.54) is 18.4 Å². The number of aromatic nitrogens is 1. The van der Waals surface area contributed by atoms with Crippen LogP contribution in [0.3, 0.4) is 0 Å². The van der Waals surface area contributed by atoms with Crippen LogP contribution in [0.4, 0.5) is 0 Å². The first-order chi connectivity index (χ1) is 13.8. The summed E-state index contributed by atoms with van der Waals surface area (Å²) in [5, 5.41) is 2.96. The van der Waals surface area contributed by atoms with Gasteiger partial charge in [0.2, 0.25) is 15.9 Å². The van der Waals surface area contributed by atoms with Gasteiger partial charge in [0.05, 0.1) is 17.4 Å². The molecule has 1 aromatic heterocycles. The maximum absolute atomic E-state index is 12.4. The predicted molar refractivity (Wildman–Crippen MR) is 113 cm³/mol.